The second-order valence-corrected chi connectivity index (χ2v) is 3.73. The first-order valence-corrected chi connectivity index (χ1v) is 5.46. The Labute approximate surface area is 130 Å². The van der Waals surface area contributed by atoms with Gasteiger partial charge in [-0.2, -0.15) is 13.2 Å². The van der Waals surface area contributed by atoms with E-state index in [-0.39, 0.29) is 17.4 Å². The van der Waals surface area contributed by atoms with Crippen LogP contribution in [0.25, 0.3) is 0 Å². The molecule has 7 heteroatoms. The molecule has 1 aliphatic rings. The van der Waals surface area contributed by atoms with E-state index in [1.807, 2.05) is 0 Å². The Balaban J connectivity index is 0.000000364. The summed E-state index contributed by atoms with van der Waals surface area (Å²) in [6, 6.07) is 6.36. The Bertz CT molecular complexity index is 379. The van der Waals surface area contributed by atoms with Gasteiger partial charge in [0.05, 0.1) is 5.56 Å². The predicted octanol–water partition coefficient (Wildman–Crippen LogP) is 4.86. The van der Waals surface area contributed by atoms with Gasteiger partial charge in [-0.05, 0) is 0 Å². The minimum absolute atomic E-state index is 0. The predicted molar refractivity (Wildman–Crippen MR) is 62.2 cm³/mol. The zero-order valence-corrected chi connectivity index (χ0v) is 11.7. The summed E-state index contributed by atoms with van der Waals surface area (Å²) in [6.07, 6.45) is -2.05. The molecule has 1 aromatic carbocycles. The number of hydrogen-bond donors (Lipinski definition) is 0. The Morgan fingerprint density at radius 3 is 1.52 bits per heavy atom. The molecule has 0 nitrogen and oxygen atoms in total. The van der Waals surface area contributed by atoms with Crippen molar-refractivity contribution in [1.29, 1.82) is 0 Å². The van der Waals surface area contributed by atoms with Gasteiger partial charge in [0.25, 0.3) is 0 Å². The first kappa shape index (κ1) is 20.3. The van der Waals surface area contributed by atoms with Crippen LogP contribution < -0.4 is 0 Å². The zero-order valence-electron chi connectivity index (χ0n) is 10.4. The van der Waals surface area contributed by atoms with Gasteiger partial charge in [0.2, 0.25) is 6.18 Å². The fraction of sp³-hybridized carbons (Fsp3) is 0.143. The van der Waals surface area contributed by atoms with Crippen LogP contribution in [0.15, 0.2) is 30.3 Å². The average molecular weight is 344 g/mol. The van der Waals surface area contributed by atoms with Gasteiger partial charge < -0.3 is 38.0 Å². The van der Waals surface area contributed by atoms with Gasteiger partial charge in [-0.15, -0.1) is 0 Å². The maximum absolute atomic E-state index is 11.8. The number of benzene rings is 1. The maximum Gasteiger partial charge on any atom is 0.416 e. The number of alkyl halides is 6. The fourth-order valence-electron chi connectivity index (χ4n) is 1.25. The summed E-state index contributed by atoms with van der Waals surface area (Å²) in [7, 11) is 0. The Hall–Kier alpha value is -0.668. The molecule has 0 aliphatic heterocycles. The largest absolute Gasteiger partial charge is 0.726 e. The normalized spacial score (nSPS) is 16.5. The molecule has 0 radical (unpaired) electrons. The van der Waals surface area contributed by atoms with Crippen LogP contribution in [-0.2, 0) is 23.5 Å². The second-order valence-electron chi connectivity index (χ2n) is 3.73. The molecule has 21 heavy (non-hydrogen) atoms. The molecular weight excluding hydrogens is 334 g/mol. The molecule has 1 saturated carbocycles. The molecule has 0 bridgehead atoms. The topological polar surface area (TPSA) is 0 Å². The van der Waals surface area contributed by atoms with Gasteiger partial charge in [0.1, 0.15) is 0 Å². The monoisotopic (exact) mass is 344 g/mol. The van der Waals surface area contributed by atoms with Crippen molar-refractivity contribution >= 4 is 0 Å². The van der Waals surface area contributed by atoms with E-state index in [1.54, 1.807) is 12.5 Å². The van der Waals surface area contributed by atoms with Gasteiger partial charge in [0, 0.05) is 17.4 Å². The molecule has 1 aromatic rings. The molecule has 0 unspecified atom stereocenters. The SMILES string of the molecule is FC(F)(F)[C-]1[CH-][CH-][CH-][CH-][CH-]1.FC(F)(F)c1ccccc1.[Cr]. The second kappa shape index (κ2) is 8.70. The van der Waals surface area contributed by atoms with E-state index in [4.69, 9.17) is 0 Å². The van der Waals surface area contributed by atoms with Crippen LogP contribution in [0.3, 0.4) is 0 Å². The van der Waals surface area contributed by atoms with Crippen molar-refractivity contribution in [3.63, 3.8) is 0 Å². The summed E-state index contributed by atoms with van der Waals surface area (Å²) in [5.74, 6) is -0.602. The molecule has 1 aliphatic carbocycles. The van der Waals surface area contributed by atoms with Crippen LogP contribution in [0.4, 0.5) is 26.3 Å². The minimum atomic E-state index is -4.21. The van der Waals surface area contributed by atoms with Gasteiger partial charge in [-0.1, -0.05) is 30.3 Å². The van der Waals surface area contributed by atoms with E-state index in [9.17, 15) is 26.3 Å². The van der Waals surface area contributed by atoms with Crippen LogP contribution >= 0.6 is 0 Å². The number of halogens is 6. The van der Waals surface area contributed by atoms with Crippen LogP contribution in [0.2, 0.25) is 0 Å². The van der Waals surface area contributed by atoms with E-state index < -0.39 is 23.8 Å². The smallest absolute Gasteiger partial charge is 0.416 e. The van der Waals surface area contributed by atoms with Crippen molar-refractivity contribution in [1.82, 2.24) is 0 Å². The van der Waals surface area contributed by atoms with Crippen molar-refractivity contribution in [2.24, 2.45) is 0 Å². The minimum Gasteiger partial charge on any atom is -0.726 e. The molecule has 0 atom stereocenters. The molecule has 2 rings (SSSR count). The summed E-state index contributed by atoms with van der Waals surface area (Å²) < 4.78 is 70.7. The Morgan fingerprint density at radius 1 is 0.762 bits per heavy atom. The van der Waals surface area contributed by atoms with E-state index in [0.29, 0.717) is 0 Å². The summed E-state index contributed by atoms with van der Waals surface area (Å²) in [5, 5.41) is 0. The third kappa shape index (κ3) is 7.77. The average Bonchev–Trinajstić information content (AvgIpc) is 2.40. The van der Waals surface area contributed by atoms with Crippen molar-refractivity contribution in [2.75, 3.05) is 0 Å². The first-order chi connectivity index (χ1) is 9.21. The summed E-state index contributed by atoms with van der Waals surface area (Å²) >= 11 is 0. The number of hydrogen-bond acceptors (Lipinski definition) is 0. The van der Waals surface area contributed by atoms with Crippen LogP contribution in [0, 0.1) is 38.0 Å². The van der Waals surface area contributed by atoms with Gasteiger partial charge >= 0.3 is 6.18 Å². The van der Waals surface area contributed by atoms with E-state index in [1.165, 1.54) is 25.0 Å². The van der Waals surface area contributed by atoms with Crippen LogP contribution in [0.1, 0.15) is 5.56 Å². The third-order valence-corrected chi connectivity index (χ3v) is 2.20. The quantitative estimate of drug-likeness (QED) is 0.466. The molecule has 0 saturated heterocycles. The summed E-state index contributed by atoms with van der Waals surface area (Å²) in [6.45, 7) is 0. The van der Waals surface area contributed by atoms with E-state index >= 15 is 0 Å². The van der Waals surface area contributed by atoms with Crippen LogP contribution in [-0.4, -0.2) is 6.18 Å². The van der Waals surface area contributed by atoms with E-state index in [2.05, 4.69) is 0 Å². The fourth-order valence-corrected chi connectivity index (χ4v) is 1.25. The molecule has 1 fully saturated rings. The van der Waals surface area contributed by atoms with Gasteiger partial charge in [-0.3, -0.25) is 0 Å². The van der Waals surface area contributed by atoms with Gasteiger partial charge in [0.15, 0.2) is 0 Å². The Kier molecular flexibility index (Phi) is 8.42. The van der Waals surface area contributed by atoms with Crippen molar-refractivity contribution in [3.8, 4) is 0 Å². The first-order valence-electron chi connectivity index (χ1n) is 5.46. The van der Waals surface area contributed by atoms with Crippen LogP contribution in [0.5, 0.6) is 0 Å². The maximum atomic E-state index is 11.8. The Morgan fingerprint density at radius 2 is 1.24 bits per heavy atom. The zero-order chi connectivity index (χ0) is 15.2. The number of rotatable bonds is 0. The summed E-state index contributed by atoms with van der Waals surface area (Å²) in [5.41, 5.74) is -0.602. The van der Waals surface area contributed by atoms with Crippen molar-refractivity contribution in [3.05, 3.63) is 73.9 Å². The molecule has 0 spiro atoms. The third-order valence-electron chi connectivity index (χ3n) is 2.20. The molecule has 0 aromatic heterocycles. The van der Waals surface area contributed by atoms with E-state index in [0.717, 1.165) is 25.0 Å². The molecule has 0 amide bonds. The van der Waals surface area contributed by atoms with Gasteiger partial charge in [-0.25, -0.2) is 13.2 Å². The van der Waals surface area contributed by atoms with Crippen molar-refractivity contribution < 1.29 is 43.7 Å². The molecule has 0 heterocycles. The molecule has 0 N–H and O–H groups in total. The standard InChI is InChI=1S/2C7H5F3.Cr/c2*8-7(9,10)6-4-2-1-3-5-6;/h2*1-5H;/q;-6;. The summed E-state index contributed by atoms with van der Waals surface area (Å²) in [4.78, 5) is 0. The molecule has 120 valence electrons. The van der Waals surface area contributed by atoms with Crippen molar-refractivity contribution in [2.45, 2.75) is 12.4 Å². The molecular formula is C14H10CrF6-6.